The second-order valence-electron chi connectivity index (χ2n) is 5.43. The van der Waals surface area contributed by atoms with Crippen molar-refractivity contribution in [3.05, 3.63) is 47.7 Å². The quantitative estimate of drug-likeness (QED) is 0.889. The standard InChI is InChI=1S/C17H21N3O3/c1-4-12(2)20(17(22)14-8-6-5-7-9-14)11-16(21)18-15-10-13(3)23-19-15/h5-10,12H,4,11H2,1-3H3,(H,18,19,21). The summed E-state index contributed by atoms with van der Waals surface area (Å²) in [6, 6.07) is 10.5. The van der Waals surface area contributed by atoms with Gasteiger partial charge in [-0.05, 0) is 32.4 Å². The molecule has 0 radical (unpaired) electrons. The molecule has 6 heteroatoms. The molecule has 1 heterocycles. The minimum Gasteiger partial charge on any atom is -0.360 e. The van der Waals surface area contributed by atoms with Gasteiger partial charge in [0.1, 0.15) is 12.3 Å². The van der Waals surface area contributed by atoms with Crippen LogP contribution >= 0.6 is 0 Å². The molecule has 1 N–H and O–H groups in total. The fourth-order valence-electron chi connectivity index (χ4n) is 2.16. The minimum atomic E-state index is -0.303. The average Bonchev–Trinajstić information content (AvgIpc) is 2.97. The van der Waals surface area contributed by atoms with Crippen LogP contribution in [-0.4, -0.2) is 34.5 Å². The van der Waals surface area contributed by atoms with Gasteiger partial charge in [-0.1, -0.05) is 30.3 Å². The Balaban J connectivity index is 2.09. The third kappa shape index (κ3) is 4.42. The Morgan fingerprint density at radius 3 is 2.57 bits per heavy atom. The van der Waals surface area contributed by atoms with Crippen LogP contribution in [0.5, 0.6) is 0 Å². The molecule has 1 unspecified atom stereocenters. The van der Waals surface area contributed by atoms with E-state index in [1.165, 1.54) is 0 Å². The molecule has 0 aliphatic heterocycles. The molecular weight excluding hydrogens is 294 g/mol. The third-order valence-electron chi connectivity index (χ3n) is 3.61. The lowest BCUT2D eigenvalue weighted by Gasteiger charge is -2.28. The van der Waals surface area contributed by atoms with Gasteiger partial charge in [0.05, 0.1) is 0 Å². The minimum absolute atomic E-state index is 0.0331. The van der Waals surface area contributed by atoms with Gasteiger partial charge in [-0.15, -0.1) is 0 Å². The number of aromatic nitrogens is 1. The number of aryl methyl sites for hydroxylation is 1. The van der Waals surface area contributed by atoms with Crippen molar-refractivity contribution in [2.75, 3.05) is 11.9 Å². The van der Waals surface area contributed by atoms with E-state index in [2.05, 4.69) is 10.5 Å². The predicted molar refractivity (Wildman–Crippen MR) is 87.1 cm³/mol. The Morgan fingerprint density at radius 1 is 1.30 bits per heavy atom. The smallest absolute Gasteiger partial charge is 0.254 e. The summed E-state index contributed by atoms with van der Waals surface area (Å²) < 4.78 is 4.91. The Morgan fingerprint density at radius 2 is 2.00 bits per heavy atom. The van der Waals surface area contributed by atoms with Gasteiger partial charge in [-0.25, -0.2) is 0 Å². The SMILES string of the molecule is CCC(C)N(CC(=O)Nc1cc(C)on1)C(=O)c1ccccc1. The van der Waals surface area contributed by atoms with Crippen molar-refractivity contribution in [2.45, 2.75) is 33.2 Å². The summed E-state index contributed by atoms with van der Waals surface area (Å²) in [6.07, 6.45) is 0.759. The van der Waals surface area contributed by atoms with Crippen molar-refractivity contribution in [1.82, 2.24) is 10.1 Å². The number of nitrogens with one attached hydrogen (secondary N) is 1. The average molecular weight is 315 g/mol. The third-order valence-corrected chi connectivity index (χ3v) is 3.61. The molecule has 0 saturated heterocycles. The molecule has 1 atom stereocenters. The number of amides is 2. The van der Waals surface area contributed by atoms with Gasteiger partial charge < -0.3 is 14.7 Å². The summed E-state index contributed by atoms with van der Waals surface area (Å²) in [5, 5.41) is 6.36. The summed E-state index contributed by atoms with van der Waals surface area (Å²) in [7, 11) is 0. The van der Waals surface area contributed by atoms with Crippen LogP contribution in [0.25, 0.3) is 0 Å². The highest BCUT2D eigenvalue weighted by Gasteiger charge is 2.23. The van der Waals surface area contributed by atoms with E-state index in [1.54, 1.807) is 42.2 Å². The van der Waals surface area contributed by atoms with Gasteiger partial charge in [0.2, 0.25) is 5.91 Å². The van der Waals surface area contributed by atoms with Crippen molar-refractivity contribution in [3.8, 4) is 0 Å². The van der Waals surface area contributed by atoms with Gasteiger partial charge >= 0.3 is 0 Å². The number of anilines is 1. The zero-order valence-electron chi connectivity index (χ0n) is 13.6. The summed E-state index contributed by atoms with van der Waals surface area (Å²) in [5.41, 5.74) is 0.567. The monoisotopic (exact) mass is 315 g/mol. The zero-order valence-corrected chi connectivity index (χ0v) is 13.6. The Kier molecular flexibility index (Phi) is 5.51. The van der Waals surface area contributed by atoms with Crippen molar-refractivity contribution >= 4 is 17.6 Å². The number of benzene rings is 1. The predicted octanol–water partition coefficient (Wildman–Crippen LogP) is 2.86. The van der Waals surface area contributed by atoms with Crippen molar-refractivity contribution < 1.29 is 14.1 Å². The maximum Gasteiger partial charge on any atom is 0.254 e. The summed E-state index contributed by atoms with van der Waals surface area (Å²) >= 11 is 0. The van der Waals surface area contributed by atoms with E-state index >= 15 is 0 Å². The van der Waals surface area contributed by atoms with Crippen LogP contribution in [0, 0.1) is 6.92 Å². The van der Waals surface area contributed by atoms with Crippen LogP contribution in [0.1, 0.15) is 36.4 Å². The van der Waals surface area contributed by atoms with E-state index in [0.29, 0.717) is 17.1 Å². The number of carbonyl (C=O) groups is 2. The second-order valence-corrected chi connectivity index (χ2v) is 5.43. The molecule has 0 saturated carbocycles. The number of hydrogen-bond donors (Lipinski definition) is 1. The molecule has 2 aromatic rings. The number of nitrogens with zero attached hydrogens (tertiary/aromatic N) is 2. The first kappa shape index (κ1) is 16.7. The van der Waals surface area contributed by atoms with Crippen molar-refractivity contribution in [2.24, 2.45) is 0 Å². The van der Waals surface area contributed by atoms with E-state index in [9.17, 15) is 9.59 Å². The topological polar surface area (TPSA) is 75.4 Å². The summed E-state index contributed by atoms with van der Waals surface area (Å²) in [5.74, 6) is 0.498. The van der Waals surface area contributed by atoms with Crippen molar-refractivity contribution in [1.29, 1.82) is 0 Å². The highest BCUT2D eigenvalue weighted by Crippen LogP contribution is 2.12. The maximum atomic E-state index is 12.6. The number of carbonyl (C=O) groups excluding carboxylic acids is 2. The maximum absolute atomic E-state index is 12.6. The first-order valence-corrected chi connectivity index (χ1v) is 7.60. The zero-order chi connectivity index (χ0) is 16.8. The van der Waals surface area contributed by atoms with Crippen LogP contribution in [0.15, 0.2) is 40.9 Å². The highest BCUT2D eigenvalue weighted by molar-refractivity contribution is 5.99. The molecule has 2 rings (SSSR count). The van der Waals surface area contributed by atoms with Gasteiger partial charge in [0.15, 0.2) is 5.82 Å². The van der Waals surface area contributed by atoms with Crippen LogP contribution in [0.4, 0.5) is 5.82 Å². The molecule has 122 valence electrons. The first-order chi connectivity index (χ1) is 11.0. The Bertz CT molecular complexity index is 667. The molecule has 23 heavy (non-hydrogen) atoms. The van der Waals surface area contributed by atoms with Crippen molar-refractivity contribution in [3.63, 3.8) is 0 Å². The second kappa shape index (κ2) is 7.58. The lowest BCUT2D eigenvalue weighted by Crippen LogP contribution is -2.43. The van der Waals surface area contributed by atoms with Gasteiger partial charge in [0, 0.05) is 17.7 Å². The Labute approximate surface area is 135 Å². The van der Waals surface area contributed by atoms with E-state index in [4.69, 9.17) is 4.52 Å². The van der Waals surface area contributed by atoms with Crippen LogP contribution < -0.4 is 5.32 Å². The summed E-state index contributed by atoms with van der Waals surface area (Å²) in [4.78, 5) is 26.4. The lowest BCUT2D eigenvalue weighted by atomic mass is 10.1. The summed E-state index contributed by atoms with van der Waals surface area (Å²) in [6.45, 7) is 5.62. The van der Waals surface area contributed by atoms with E-state index in [1.807, 2.05) is 19.9 Å². The van der Waals surface area contributed by atoms with Gasteiger partial charge in [-0.3, -0.25) is 9.59 Å². The molecule has 6 nitrogen and oxygen atoms in total. The molecule has 0 fully saturated rings. The van der Waals surface area contributed by atoms with Gasteiger partial charge in [-0.2, -0.15) is 0 Å². The van der Waals surface area contributed by atoms with Crippen LogP contribution in [0.3, 0.4) is 0 Å². The molecule has 0 aliphatic carbocycles. The molecule has 1 aromatic heterocycles. The first-order valence-electron chi connectivity index (χ1n) is 7.60. The van der Waals surface area contributed by atoms with Crippen LogP contribution in [0.2, 0.25) is 0 Å². The normalized spacial score (nSPS) is 11.8. The molecular formula is C17H21N3O3. The van der Waals surface area contributed by atoms with E-state index in [0.717, 1.165) is 6.42 Å². The lowest BCUT2D eigenvalue weighted by molar-refractivity contribution is -0.117. The van der Waals surface area contributed by atoms with E-state index in [-0.39, 0.29) is 24.4 Å². The van der Waals surface area contributed by atoms with E-state index < -0.39 is 0 Å². The highest BCUT2D eigenvalue weighted by atomic mass is 16.5. The number of rotatable bonds is 6. The number of hydrogen-bond acceptors (Lipinski definition) is 4. The molecule has 1 aromatic carbocycles. The Hall–Kier alpha value is -2.63. The molecule has 2 amide bonds. The fourth-order valence-corrected chi connectivity index (χ4v) is 2.16. The molecule has 0 aliphatic rings. The molecule has 0 bridgehead atoms. The molecule has 0 spiro atoms. The van der Waals surface area contributed by atoms with Crippen LogP contribution in [-0.2, 0) is 4.79 Å². The van der Waals surface area contributed by atoms with Gasteiger partial charge in [0.25, 0.3) is 5.91 Å². The largest absolute Gasteiger partial charge is 0.360 e. The fraction of sp³-hybridized carbons (Fsp3) is 0.353.